The maximum absolute atomic E-state index is 12.1. The van der Waals surface area contributed by atoms with Gasteiger partial charge in [0.05, 0.1) is 6.04 Å². The van der Waals surface area contributed by atoms with Crippen LogP contribution in [-0.4, -0.2) is 18.0 Å². The average molecular weight is 341 g/mol. The van der Waals surface area contributed by atoms with Crippen molar-refractivity contribution in [2.24, 2.45) is 0 Å². The molecule has 3 nitrogen and oxygen atoms in total. The van der Waals surface area contributed by atoms with Crippen LogP contribution in [0.25, 0.3) is 0 Å². The Kier molecular flexibility index (Phi) is 7.24. The number of hydrogen-bond donors (Lipinski definition) is 2. The van der Waals surface area contributed by atoms with Gasteiger partial charge in [-0.2, -0.15) is 0 Å². The molecule has 1 rings (SSSR count). The van der Waals surface area contributed by atoms with E-state index in [1.165, 1.54) is 5.56 Å². The van der Waals surface area contributed by atoms with Crippen LogP contribution in [0.3, 0.4) is 0 Å². The van der Waals surface area contributed by atoms with Crippen LogP contribution in [0.2, 0.25) is 0 Å². The summed E-state index contributed by atoms with van der Waals surface area (Å²) in [6.07, 6.45) is 1.94. The number of rotatable bonds is 7. The van der Waals surface area contributed by atoms with Crippen molar-refractivity contribution in [3.63, 3.8) is 0 Å². The smallest absolute Gasteiger partial charge is 0.237 e. The van der Waals surface area contributed by atoms with Gasteiger partial charge in [0, 0.05) is 16.6 Å². The van der Waals surface area contributed by atoms with E-state index in [2.05, 4.69) is 59.5 Å². The second-order valence-electron chi connectivity index (χ2n) is 5.18. The van der Waals surface area contributed by atoms with Gasteiger partial charge in [0.15, 0.2) is 0 Å². The number of amides is 1. The molecule has 1 amide bonds. The van der Waals surface area contributed by atoms with Gasteiger partial charge in [0.25, 0.3) is 0 Å². The van der Waals surface area contributed by atoms with Crippen LogP contribution in [0, 0.1) is 0 Å². The molecular formula is C16H25BrN2O. The first-order valence-electron chi connectivity index (χ1n) is 7.29. The Morgan fingerprint density at radius 2 is 1.70 bits per heavy atom. The van der Waals surface area contributed by atoms with Crippen LogP contribution >= 0.6 is 15.9 Å². The van der Waals surface area contributed by atoms with Crippen LogP contribution in [0.4, 0.5) is 0 Å². The van der Waals surface area contributed by atoms with E-state index in [4.69, 9.17) is 0 Å². The third-order valence-corrected chi connectivity index (χ3v) is 4.12. The van der Waals surface area contributed by atoms with Crippen molar-refractivity contribution in [2.45, 2.75) is 58.7 Å². The Balaban J connectivity index is 2.54. The van der Waals surface area contributed by atoms with Crippen molar-refractivity contribution in [1.82, 2.24) is 10.6 Å². The van der Waals surface area contributed by atoms with E-state index in [1.807, 2.05) is 19.1 Å². The summed E-state index contributed by atoms with van der Waals surface area (Å²) >= 11 is 3.43. The third kappa shape index (κ3) is 5.25. The van der Waals surface area contributed by atoms with Gasteiger partial charge in [-0.15, -0.1) is 0 Å². The second-order valence-corrected chi connectivity index (χ2v) is 6.10. The molecule has 0 heterocycles. The fourth-order valence-electron chi connectivity index (χ4n) is 2.12. The summed E-state index contributed by atoms with van der Waals surface area (Å²) in [6, 6.07) is 8.38. The lowest BCUT2D eigenvalue weighted by Gasteiger charge is -2.22. The predicted molar refractivity (Wildman–Crippen MR) is 87.7 cm³/mol. The molecule has 0 aromatic heterocycles. The van der Waals surface area contributed by atoms with Gasteiger partial charge in [-0.3, -0.25) is 10.1 Å². The second kappa shape index (κ2) is 8.42. The zero-order valence-corrected chi connectivity index (χ0v) is 14.3. The number of benzene rings is 1. The van der Waals surface area contributed by atoms with Crippen molar-refractivity contribution in [2.75, 3.05) is 0 Å². The Hall–Kier alpha value is -0.870. The van der Waals surface area contributed by atoms with Crippen LogP contribution < -0.4 is 10.6 Å². The molecule has 0 spiro atoms. The Bertz CT molecular complexity index is 415. The minimum absolute atomic E-state index is 0.0719. The van der Waals surface area contributed by atoms with Crippen LogP contribution in [0.1, 0.15) is 52.1 Å². The fourth-order valence-corrected chi connectivity index (χ4v) is 2.38. The molecule has 2 atom stereocenters. The zero-order chi connectivity index (χ0) is 15.1. The Labute approximate surface area is 130 Å². The molecule has 0 radical (unpaired) electrons. The first kappa shape index (κ1) is 17.2. The van der Waals surface area contributed by atoms with Gasteiger partial charge in [-0.05, 0) is 44.4 Å². The normalized spacial score (nSPS) is 14.1. The average Bonchev–Trinajstić information content (AvgIpc) is 2.44. The molecule has 0 bridgehead atoms. The molecule has 0 aliphatic carbocycles. The lowest BCUT2D eigenvalue weighted by molar-refractivity contribution is -0.123. The Morgan fingerprint density at radius 3 is 2.20 bits per heavy atom. The predicted octanol–water partition coefficient (Wildman–Crippen LogP) is 3.79. The molecule has 4 heteroatoms. The standard InChI is InChI=1S/C16H25BrN2O/c1-5-15(6-2)19-16(20)12(4)18-11(3)13-7-9-14(17)10-8-13/h7-12,15,18H,5-6H2,1-4H3,(H,19,20). The molecular weight excluding hydrogens is 316 g/mol. The van der Waals surface area contributed by atoms with Crippen molar-refractivity contribution in [1.29, 1.82) is 0 Å². The van der Waals surface area contributed by atoms with Crippen LogP contribution in [-0.2, 0) is 4.79 Å². The summed E-state index contributed by atoms with van der Waals surface area (Å²) in [5.41, 5.74) is 1.18. The van der Waals surface area contributed by atoms with E-state index in [9.17, 15) is 4.79 Å². The highest BCUT2D eigenvalue weighted by atomic mass is 79.9. The van der Waals surface area contributed by atoms with Crippen molar-refractivity contribution < 1.29 is 4.79 Å². The molecule has 0 fully saturated rings. The van der Waals surface area contributed by atoms with E-state index in [0.717, 1.165) is 17.3 Å². The van der Waals surface area contributed by atoms with E-state index < -0.39 is 0 Å². The molecule has 0 aliphatic rings. The topological polar surface area (TPSA) is 41.1 Å². The van der Waals surface area contributed by atoms with Crippen molar-refractivity contribution in [3.8, 4) is 0 Å². The van der Waals surface area contributed by atoms with Crippen LogP contribution in [0.15, 0.2) is 28.7 Å². The summed E-state index contributed by atoms with van der Waals surface area (Å²) < 4.78 is 1.06. The number of hydrogen-bond acceptors (Lipinski definition) is 2. The molecule has 1 aromatic carbocycles. The molecule has 1 aromatic rings. The van der Waals surface area contributed by atoms with Crippen molar-refractivity contribution >= 4 is 21.8 Å². The minimum Gasteiger partial charge on any atom is -0.352 e. The summed E-state index contributed by atoms with van der Waals surface area (Å²) in [7, 11) is 0. The maximum Gasteiger partial charge on any atom is 0.237 e. The number of halogens is 1. The summed E-state index contributed by atoms with van der Waals surface area (Å²) in [5.74, 6) is 0.0719. The van der Waals surface area contributed by atoms with Crippen molar-refractivity contribution in [3.05, 3.63) is 34.3 Å². The lowest BCUT2D eigenvalue weighted by Crippen LogP contribution is -2.46. The van der Waals surface area contributed by atoms with Gasteiger partial charge in [0.2, 0.25) is 5.91 Å². The maximum atomic E-state index is 12.1. The van der Waals surface area contributed by atoms with E-state index >= 15 is 0 Å². The molecule has 0 saturated heterocycles. The highest BCUT2D eigenvalue weighted by Gasteiger charge is 2.18. The fraction of sp³-hybridized carbons (Fsp3) is 0.562. The first-order valence-corrected chi connectivity index (χ1v) is 8.09. The van der Waals surface area contributed by atoms with Gasteiger partial charge in [-0.25, -0.2) is 0 Å². The van der Waals surface area contributed by atoms with Gasteiger partial charge >= 0.3 is 0 Å². The van der Waals surface area contributed by atoms with Gasteiger partial charge in [-0.1, -0.05) is 41.9 Å². The lowest BCUT2D eigenvalue weighted by atomic mass is 10.1. The zero-order valence-electron chi connectivity index (χ0n) is 12.7. The monoisotopic (exact) mass is 340 g/mol. The first-order chi connectivity index (χ1) is 9.47. The molecule has 20 heavy (non-hydrogen) atoms. The highest BCUT2D eigenvalue weighted by molar-refractivity contribution is 9.10. The van der Waals surface area contributed by atoms with E-state index in [1.54, 1.807) is 0 Å². The quantitative estimate of drug-likeness (QED) is 0.792. The summed E-state index contributed by atoms with van der Waals surface area (Å²) in [5, 5.41) is 6.41. The van der Waals surface area contributed by atoms with Gasteiger partial charge in [0.1, 0.15) is 0 Å². The summed E-state index contributed by atoms with van der Waals surface area (Å²) in [4.78, 5) is 12.1. The minimum atomic E-state index is -0.200. The molecule has 0 saturated carbocycles. The number of carbonyl (C=O) groups is 1. The Morgan fingerprint density at radius 1 is 1.15 bits per heavy atom. The largest absolute Gasteiger partial charge is 0.352 e. The SMILES string of the molecule is CCC(CC)NC(=O)C(C)NC(C)c1ccc(Br)cc1. The third-order valence-electron chi connectivity index (χ3n) is 3.60. The van der Waals surface area contributed by atoms with E-state index in [-0.39, 0.29) is 24.0 Å². The van der Waals surface area contributed by atoms with E-state index in [0.29, 0.717) is 0 Å². The number of carbonyl (C=O) groups excluding carboxylic acids is 1. The highest BCUT2D eigenvalue weighted by Crippen LogP contribution is 2.17. The van der Waals surface area contributed by atoms with Gasteiger partial charge < -0.3 is 5.32 Å². The molecule has 2 unspecified atom stereocenters. The number of nitrogens with one attached hydrogen (secondary N) is 2. The molecule has 0 aliphatic heterocycles. The summed E-state index contributed by atoms with van der Waals surface area (Å²) in [6.45, 7) is 8.17. The molecule has 2 N–H and O–H groups in total. The van der Waals surface area contributed by atoms with Crippen LogP contribution in [0.5, 0.6) is 0 Å². The molecule has 112 valence electrons.